The maximum Gasteiger partial charge on any atom is 0.258 e. The first-order chi connectivity index (χ1) is 15.6. The zero-order valence-corrected chi connectivity index (χ0v) is 19.9. The lowest BCUT2D eigenvalue weighted by molar-refractivity contribution is 0.0979. The van der Waals surface area contributed by atoms with Gasteiger partial charge < -0.3 is 5.32 Å². The number of anilines is 1. The van der Waals surface area contributed by atoms with Crippen LogP contribution in [0.1, 0.15) is 10.4 Å². The molecule has 0 atom stereocenters. The SMILES string of the molecule is O=C(NC(=S)Nc1ccc(-c2nc3ccccc3s2)cc1)c1cccc2c(Br)cccc12. The Hall–Kier alpha value is -3.13. The van der Waals surface area contributed by atoms with E-state index in [0.29, 0.717) is 5.56 Å². The molecule has 0 fully saturated rings. The summed E-state index contributed by atoms with van der Waals surface area (Å²) in [6, 6.07) is 27.3. The molecule has 0 radical (unpaired) electrons. The third-order valence-electron chi connectivity index (χ3n) is 5.02. The monoisotopic (exact) mass is 517 g/mol. The molecule has 32 heavy (non-hydrogen) atoms. The molecule has 0 saturated heterocycles. The molecule has 0 aliphatic rings. The largest absolute Gasteiger partial charge is 0.332 e. The molecule has 4 aromatic carbocycles. The van der Waals surface area contributed by atoms with Gasteiger partial charge in [0.2, 0.25) is 0 Å². The molecule has 156 valence electrons. The highest BCUT2D eigenvalue weighted by atomic mass is 79.9. The maximum atomic E-state index is 12.8. The van der Waals surface area contributed by atoms with Crippen molar-refractivity contribution in [2.45, 2.75) is 0 Å². The van der Waals surface area contributed by atoms with Gasteiger partial charge in [0.05, 0.1) is 10.2 Å². The fourth-order valence-electron chi connectivity index (χ4n) is 3.49. The number of thiocarbonyl (C=S) groups is 1. The zero-order chi connectivity index (χ0) is 22.1. The van der Waals surface area contributed by atoms with Crippen LogP contribution < -0.4 is 10.6 Å². The van der Waals surface area contributed by atoms with Crippen molar-refractivity contribution in [3.63, 3.8) is 0 Å². The standard InChI is InChI=1S/C25H16BrN3OS2/c26-20-8-4-5-17-18(20)6-3-7-19(17)23(30)29-25(31)27-16-13-11-15(12-14-16)24-28-21-9-1-2-10-22(21)32-24/h1-14H,(H2,27,29,30,31). The minimum Gasteiger partial charge on any atom is -0.332 e. The van der Waals surface area contributed by atoms with Crippen LogP contribution in [0.15, 0.2) is 89.4 Å². The van der Waals surface area contributed by atoms with E-state index < -0.39 is 0 Å². The van der Waals surface area contributed by atoms with Crippen molar-refractivity contribution in [3.05, 3.63) is 95.0 Å². The second-order valence-electron chi connectivity index (χ2n) is 7.11. The van der Waals surface area contributed by atoms with E-state index >= 15 is 0 Å². The number of thiazole rings is 1. The summed E-state index contributed by atoms with van der Waals surface area (Å²) in [5, 5.41) is 8.91. The molecule has 5 aromatic rings. The highest BCUT2D eigenvalue weighted by Crippen LogP contribution is 2.30. The highest BCUT2D eigenvalue weighted by Gasteiger charge is 2.13. The quantitative estimate of drug-likeness (QED) is 0.253. The molecule has 0 saturated carbocycles. The van der Waals surface area contributed by atoms with Gasteiger partial charge in [0.1, 0.15) is 5.01 Å². The predicted molar refractivity (Wildman–Crippen MR) is 140 cm³/mol. The number of hydrogen-bond acceptors (Lipinski definition) is 4. The van der Waals surface area contributed by atoms with Crippen LogP contribution in [0.2, 0.25) is 0 Å². The van der Waals surface area contributed by atoms with Crippen molar-refractivity contribution in [3.8, 4) is 10.6 Å². The summed E-state index contributed by atoms with van der Waals surface area (Å²) in [6.07, 6.45) is 0. The van der Waals surface area contributed by atoms with E-state index in [1.807, 2.05) is 72.8 Å². The van der Waals surface area contributed by atoms with Gasteiger partial charge in [0.15, 0.2) is 5.11 Å². The average molecular weight is 518 g/mol. The normalized spacial score (nSPS) is 10.9. The van der Waals surface area contributed by atoms with E-state index in [1.54, 1.807) is 17.4 Å². The molecule has 7 heteroatoms. The molecule has 0 spiro atoms. The van der Waals surface area contributed by atoms with Crippen LogP contribution in [0.5, 0.6) is 0 Å². The van der Waals surface area contributed by atoms with Gasteiger partial charge in [-0.1, -0.05) is 52.3 Å². The number of nitrogens with one attached hydrogen (secondary N) is 2. The van der Waals surface area contributed by atoms with Crippen LogP contribution >= 0.6 is 39.5 Å². The number of hydrogen-bond donors (Lipinski definition) is 2. The number of aromatic nitrogens is 1. The van der Waals surface area contributed by atoms with Crippen LogP contribution in [-0.2, 0) is 0 Å². The Kier molecular flexibility index (Phi) is 5.70. The number of benzene rings is 4. The number of fused-ring (bicyclic) bond motifs is 2. The molecule has 0 aliphatic heterocycles. The van der Waals surface area contributed by atoms with Crippen molar-refractivity contribution in [2.24, 2.45) is 0 Å². The van der Waals surface area contributed by atoms with Crippen LogP contribution in [0.4, 0.5) is 5.69 Å². The Labute approximate surface area is 202 Å². The summed E-state index contributed by atoms with van der Waals surface area (Å²) >= 11 is 10.6. The fourth-order valence-corrected chi connectivity index (χ4v) is 5.17. The molecular weight excluding hydrogens is 502 g/mol. The summed E-state index contributed by atoms with van der Waals surface area (Å²) in [6.45, 7) is 0. The number of carbonyl (C=O) groups excluding carboxylic acids is 1. The minimum absolute atomic E-state index is 0.245. The number of halogens is 1. The highest BCUT2D eigenvalue weighted by molar-refractivity contribution is 9.10. The molecule has 0 bridgehead atoms. The van der Waals surface area contributed by atoms with E-state index in [2.05, 4.69) is 37.6 Å². The topological polar surface area (TPSA) is 54.0 Å². The van der Waals surface area contributed by atoms with Gasteiger partial charge in [0, 0.05) is 21.3 Å². The van der Waals surface area contributed by atoms with Gasteiger partial charge in [0.25, 0.3) is 5.91 Å². The Morgan fingerprint density at radius 2 is 1.62 bits per heavy atom. The smallest absolute Gasteiger partial charge is 0.258 e. The van der Waals surface area contributed by atoms with E-state index in [1.165, 1.54) is 0 Å². The van der Waals surface area contributed by atoms with Crippen LogP contribution in [-0.4, -0.2) is 16.0 Å². The molecular formula is C25H16BrN3OS2. The first kappa shape index (κ1) is 20.8. The molecule has 0 aliphatic carbocycles. The maximum absolute atomic E-state index is 12.8. The van der Waals surface area contributed by atoms with E-state index in [9.17, 15) is 4.79 Å². The van der Waals surface area contributed by atoms with Gasteiger partial charge in [-0.05, 0) is 71.5 Å². The van der Waals surface area contributed by atoms with Crippen LogP contribution in [0, 0.1) is 0 Å². The lowest BCUT2D eigenvalue weighted by Gasteiger charge is -2.11. The summed E-state index contributed by atoms with van der Waals surface area (Å²) in [5.41, 5.74) is 3.40. The molecule has 0 unspecified atom stereocenters. The zero-order valence-electron chi connectivity index (χ0n) is 16.6. The van der Waals surface area contributed by atoms with Crippen molar-refractivity contribution >= 4 is 77.2 Å². The van der Waals surface area contributed by atoms with Crippen molar-refractivity contribution < 1.29 is 4.79 Å². The number of para-hydroxylation sites is 1. The molecule has 1 aromatic heterocycles. The van der Waals surface area contributed by atoms with E-state index in [4.69, 9.17) is 12.2 Å². The molecule has 2 N–H and O–H groups in total. The number of nitrogens with zero attached hydrogens (tertiary/aromatic N) is 1. The lowest BCUT2D eigenvalue weighted by Crippen LogP contribution is -2.34. The number of carbonyl (C=O) groups is 1. The van der Waals surface area contributed by atoms with E-state index in [-0.39, 0.29) is 11.0 Å². The van der Waals surface area contributed by atoms with Crippen LogP contribution in [0.25, 0.3) is 31.6 Å². The molecule has 1 heterocycles. The third kappa shape index (κ3) is 4.14. The van der Waals surface area contributed by atoms with Crippen LogP contribution in [0.3, 0.4) is 0 Å². The first-order valence-electron chi connectivity index (χ1n) is 9.84. The third-order valence-corrected chi connectivity index (χ3v) is 7.01. The number of rotatable bonds is 3. The first-order valence-corrected chi connectivity index (χ1v) is 11.9. The van der Waals surface area contributed by atoms with Gasteiger partial charge in [-0.2, -0.15) is 0 Å². The Bertz CT molecular complexity index is 1450. The van der Waals surface area contributed by atoms with Gasteiger partial charge in [-0.3, -0.25) is 10.1 Å². The Morgan fingerprint density at radius 1 is 0.875 bits per heavy atom. The second kappa shape index (κ2) is 8.78. The fraction of sp³-hybridized carbons (Fsp3) is 0. The summed E-state index contributed by atoms with van der Waals surface area (Å²) < 4.78 is 2.10. The molecule has 5 rings (SSSR count). The lowest BCUT2D eigenvalue weighted by atomic mass is 10.0. The van der Waals surface area contributed by atoms with Gasteiger partial charge >= 0.3 is 0 Å². The van der Waals surface area contributed by atoms with Crippen molar-refractivity contribution in [1.29, 1.82) is 0 Å². The predicted octanol–water partition coefficient (Wildman–Crippen LogP) is 7.01. The summed E-state index contributed by atoms with van der Waals surface area (Å²) in [7, 11) is 0. The number of amides is 1. The minimum atomic E-state index is -0.253. The molecule has 1 amide bonds. The van der Waals surface area contributed by atoms with Crippen molar-refractivity contribution in [1.82, 2.24) is 10.3 Å². The summed E-state index contributed by atoms with van der Waals surface area (Å²) in [5.74, 6) is -0.253. The van der Waals surface area contributed by atoms with Gasteiger partial charge in [-0.15, -0.1) is 11.3 Å². The average Bonchev–Trinajstić information content (AvgIpc) is 3.24. The Balaban J connectivity index is 1.29. The Morgan fingerprint density at radius 3 is 2.44 bits per heavy atom. The second-order valence-corrected chi connectivity index (χ2v) is 9.41. The van der Waals surface area contributed by atoms with Gasteiger partial charge in [-0.25, -0.2) is 4.98 Å². The van der Waals surface area contributed by atoms with Crippen molar-refractivity contribution in [2.75, 3.05) is 5.32 Å². The summed E-state index contributed by atoms with van der Waals surface area (Å²) in [4.78, 5) is 17.5. The van der Waals surface area contributed by atoms with E-state index in [0.717, 1.165) is 41.7 Å². The molecule has 4 nitrogen and oxygen atoms in total.